The second-order valence-electron chi connectivity index (χ2n) is 8.55. The zero-order valence-corrected chi connectivity index (χ0v) is 18.7. The first-order valence-electron chi connectivity index (χ1n) is 11.0. The third-order valence-corrected chi connectivity index (χ3v) is 6.41. The first-order valence-corrected chi connectivity index (χ1v) is 11.4. The number of anilines is 4. The van der Waals surface area contributed by atoms with Crippen molar-refractivity contribution in [1.29, 1.82) is 0 Å². The van der Waals surface area contributed by atoms with Gasteiger partial charge in [-0.1, -0.05) is 11.6 Å². The molecule has 2 aliphatic rings. The van der Waals surface area contributed by atoms with Crippen LogP contribution in [-0.4, -0.2) is 54.4 Å². The number of nitrogens with zero attached hydrogens (tertiary/aromatic N) is 6. The fourth-order valence-electron chi connectivity index (χ4n) is 4.20. The molecule has 4 aromatic rings. The zero-order chi connectivity index (χ0) is 23.2. The molecule has 0 spiro atoms. The van der Waals surface area contributed by atoms with Gasteiger partial charge in [0, 0.05) is 36.5 Å². The minimum atomic E-state index is -1.20. The number of rotatable bonds is 6. The molecule has 0 bridgehead atoms. The maximum atomic E-state index is 14.5. The summed E-state index contributed by atoms with van der Waals surface area (Å²) < 4.78 is 16.2. The van der Waals surface area contributed by atoms with Crippen molar-refractivity contribution in [2.45, 2.75) is 37.4 Å². The second-order valence-corrected chi connectivity index (χ2v) is 8.96. The number of carbonyl (C=O) groups is 1. The summed E-state index contributed by atoms with van der Waals surface area (Å²) in [6.45, 7) is -0.000688. The Morgan fingerprint density at radius 3 is 3.00 bits per heavy atom. The van der Waals surface area contributed by atoms with Crippen molar-refractivity contribution in [3.05, 3.63) is 53.6 Å². The van der Waals surface area contributed by atoms with Crippen molar-refractivity contribution < 1.29 is 9.18 Å². The van der Waals surface area contributed by atoms with Crippen molar-refractivity contribution in [2.75, 3.05) is 22.1 Å². The number of nitrogens with one attached hydrogen (secondary N) is 3. The number of hydrogen-bond acceptors (Lipinski definition) is 7. The molecule has 5 heterocycles. The number of aromatic nitrogens is 6. The lowest BCUT2D eigenvalue weighted by atomic mass is 10.2. The Hall–Kier alpha value is -3.73. The monoisotopic (exact) mass is 481 g/mol. The Kier molecular flexibility index (Phi) is 5.05. The van der Waals surface area contributed by atoms with Gasteiger partial charge < -0.3 is 15.5 Å². The molecule has 174 valence electrons. The molecule has 34 heavy (non-hydrogen) atoms. The van der Waals surface area contributed by atoms with E-state index in [1.165, 1.54) is 12.4 Å². The lowest BCUT2D eigenvalue weighted by Gasteiger charge is -2.24. The third kappa shape index (κ3) is 3.92. The smallest absolute Gasteiger partial charge is 0.247 e. The van der Waals surface area contributed by atoms with E-state index in [4.69, 9.17) is 11.6 Å². The molecule has 10 nitrogen and oxygen atoms in total. The van der Waals surface area contributed by atoms with Gasteiger partial charge in [0.25, 0.3) is 0 Å². The van der Waals surface area contributed by atoms with Crippen molar-refractivity contribution in [3.63, 3.8) is 0 Å². The topological polar surface area (TPSA) is 116 Å². The SMILES string of the molecule is O=C(Nc1cnccc1Cl)[C@@H]1C[C@@H](F)CN1c1nc(Nc2cc(C3CC3)[nH]n2)c2cccn2n1. The van der Waals surface area contributed by atoms with Gasteiger partial charge in [-0.2, -0.15) is 10.1 Å². The summed E-state index contributed by atoms with van der Waals surface area (Å²) in [7, 11) is 0. The summed E-state index contributed by atoms with van der Waals surface area (Å²) in [4.78, 5) is 23.3. The van der Waals surface area contributed by atoms with E-state index in [0.717, 1.165) is 24.1 Å². The van der Waals surface area contributed by atoms with Gasteiger partial charge in [-0.05, 0) is 31.0 Å². The summed E-state index contributed by atoms with van der Waals surface area (Å²) in [6, 6.07) is 6.46. The Morgan fingerprint density at radius 2 is 2.18 bits per heavy atom. The lowest BCUT2D eigenvalue weighted by molar-refractivity contribution is -0.117. The molecule has 1 aliphatic carbocycles. The van der Waals surface area contributed by atoms with Crippen molar-refractivity contribution in [2.24, 2.45) is 0 Å². The van der Waals surface area contributed by atoms with Crippen molar-refractivity contribution in [3.8, 4) is 0 Å². The van der Waals surface area contributed by atoms with Gasteiger partial charge in [0.05, 0.1) is 23.5 Å². The van der Waals surface area contributed by atoms with E-state index < -0.39 is 18.1 Å². The van der Waals surface area contributed by atoms with E-state index in [-0.39, 0.29) is 18.9 Å². The maximum Gasteiger partial charge on any atom is 0.247 e. The van der Waals surface area contributed by atoms with Crippen molar-refractivity contribution in [1.82, 2.24) is 29.8 Å². The molecule has 1 aliphatic heterocycles. The van der Waals surface area contributed by atoms with Gasteiger partial charge in [0.15, 0.2) is 11.6 Å². The zero-order valence-electron chi connectivity index (χ0n) is 17.9. The maximum absolute atomic E-state index is 14.5. The molecular weight excluding hydrogens is 461 g/mol. The Morgan fingerprint density at radius 1 is 1.29 bits per heavy atom. The number of pyridine rings is 1. The molecule has 12 heteroatoms. The van der Waals surface area contributed by atoms with Crippen LogP contribution < -0.4 is 15.5 Å². The first kappa shape index (κ1) is 20.8. The predicted molar refractivity (Wildman–Crippen MR) is 125 cm³/mol. The number of hydrogen-bond donors (Lipinski definition) is 3. The highest BCUT2D eigenvalue weighted by molar-refractivity contribution is 6.33. The summed E-state index contributed by atoms with van der Waals surface area (Å²) >= 11 is 6.15. The number of H-pyrrole nitrogens is 1. The van der Waals surface area contributed by atoms with Gasteiger partial charge >= 0.3 is 0 Å². The van der Waals surface area contributed by atoms with Crippen LogP contribution in [0.15, 0.2) is 42.9 Å². The highest BCUT2D eigenvalue weighted by Gasteiger charge is 2.39. The number of aromatic amines is 1. The van der Waals surface area contributed by atoms with E-state index >= 15 is 0 Å². The number of carbonyl (C=O) groups excluding carboxylic acids is 1. The molecule has 2 fully saturated rings. The van der Waals surface area contributed by atoms with Gasteiger partial charge in [-0.25, -0.2) is 8.91 Å². The number of halogens is 2. The van der Waals surface area contributed by atoms with E-state index in [1.54, 1.807) is 21.7 Å². The van der Waals surface area contributed by atoms with Crippen LogP contribution in [0.3, 0.4) is 0 Å². The van der Waals surface area contributed by atoms with Crippen LogP contribution in [0, 0.1) is 0 Å². The van der Waals surface area contributed by atoms with E-state index in [0.29, 0.717) is 28.3 Å². The molecule has 6 rings (SSSR count). The molecule has 1 saturated heterocycles. The van der Waals surface area contributed by atoms with E-state index in [1.807, 2.05) is 18.2 Å². The van der Waals surface area contributed by atoms with E-state index in [2.05, 4.69) is 35.9 Å². The van der Waals surface area contributed by atoms with Crippen LogP contribution in [0.1, 0.15) is 30.9 Å². The van der Waals surface area contributed by atoms with E-state index in [9.17, 15) is 9.18 Å². The standard InChI is InChI=1S/C22H21ClFN9O/c23-14-5-6-25-10-16(14)26-21(34)18-8-13(24)11-32(18)22-28-20(17-2-1-7-33(17)31-22)27-19-9-15(29-30-19)12-3-4-12/h1-2,5-7,9-10,12-13,18H,3-4,8,11H2,(H,26,34)(H2,27,28,29,30,31)/t13-,18+/m1/s1. The number of amides is 1. The van der Waals surface area contributed by atoms with Crippen LogP contribution in [0.25, 0.3) is 5.52 Å². The predicted octanol–water partition coefficient (Wildman–Crippen LogP) is 3.68. The molecule has 1 amide bonds. The Bertz CT molecular complexity index is 1370. The van der Waals surface area contributed by atoms with Gasteiger partial charge in [-0.3, -0.25) is 14.9 Å². The van der Waals surface area contributed by atoms with Crippen LogP contribution in [0.4, 0.5) is 27.7 Å². The molecular formula is C22H21ClFN9O. The van der Waals surface area contributed by atoms with Crippen LogP contribution in [0.5, 0.6) is 0 Å². The summed E-state index contributed by atoms with van der Waals surface area (Å²) in [6.07, 6.45) is 5.90. The molecule has 4 aromatic heterocycles. The molecule has 3 N–H and O–H groups in total. The summed E-state index contributed by atoms with van der Waals surface area (Å²) in [5, 5.41) is 18.3. The van der Waals surface area contributed by atoms with Gasteiger partial charge in [-0.15, -0.1) is 5.10 Å². The van der Waals surface area contributed by atoms with Crippen LogP contribution in [-0.2, 0) is 4.79 Å². The second kappa shape index (κ2) is 8.24. The normalized spacial score (nSPS) is 20.1. The number of alkyl halides is 1. The fraction of sp³-hybridized carbons (Fsp3) is 0.318. The van der Waals surface area contributed by atoms with Crippen LogP contribution >= 0.6 is 11.6 Å². The largest absolute Gasteiger partial charge is 0.324 e. The summed E-state index contributed by atoms with van der Waals surface area (Å²) in [5.74, 6) is 1.53. The number of fused-ring (bicyclic) bond motifs is 1. The minimum absolute atomic E-state index is 0.000688. The molecule has 0 radical (unpaired) electrons. The average molecular weight is 482 g/mol. The average Bonchev–Trinajstić information content (AvgIpc) is 3.19. The minimum Gasteiger partial charge on any atom is -0.324 e. The Labute approximate surface area is 198 Å². The Balaban J connectivity index is 1.30. The van der Waals surface area contributed by atoms with Crippen molar-refractivity contribution >= 4 is 46.3 Å². The lowest BCUT2D eigenvalue weighted by Crippen LogP contribution is -2.41. The third-order valence-electron chi connectivity index (χ3n) is 6.08. The molecule has 1 saturated carbocycles. The highest BCUT2D eigenvalue weighted by atomic mass is 35.5. The van der Waals surface area contributed by atoms with Crippen LogP contribution in [0.2, 0.25) is 5.02 Å². The molecule has 0 aromatic carbocycles. The first-order chi connectivity index (χ1) is 16.5. The quantitative estimate of drug-likeness (QED) is 0.384. The van der Waals surface area contributed by atoms with Gasteiger partial charge in [0.2, 0.25) is 11.9 Å². The summed E-state index contributed by atoms with van der Waals surface area (Å²) in [5.41, 5.74) is 2.19. The highest BCUT2D eigenvalue weighted by Crippen LogP contribution is 2.40. The molecule has 2 atom stereocenters. The van der Waals surface area contributed by atoms with Gasteiger partial charge in [0.1, 0.15) is 17.7 Å². The molecule has 0 unspecified atom stereocenters. The fourth-order valence-corrected chi connectivity index (χ4v) is 4.35.